The number of benzene rings is 1. The zero-order valence-electron chi connectivity index (χ0n) is 14.9. The molecule has 1 aromatic carbocycles. The first kappa shape index (κ1) is 19.3. The van der Waals surface area contributed by atoms with E-state index in [0.29, 0.717) is 47.9 Å². The molecule has 2 heterocycles. The van der Waals surface area contributed by atoms with Gasteiger partial charge in [-0.15, -0.1) is 0 Å². The SMILES string of the molecule is COc1ccccc1OCC(=O)NC1CCN(C(=O)c2ccc(Br)o2)CC1. The lowest BCUT2D eigenvalue weighted by molar-refractivity contribution is -0.124. The minimum Gasteiger partial charge on any atom is -0.493 e. The molecule has 1 fully saturated rings. The number of rotatable bonds is 6. The number of piperidine rings is 1. The highest BCUT2D eigenvalue weighted by Gasteiger charge is 2.26. The summed E-state index contributed by atoms with van der Waals surface area (Å²) < 4.78 is 16.6. The number of methoxy groups -OCH3 is 1. The maximum atomic E-state index is 12.4. The first-order valence-electron chi connectivity index (χ1n) is 8.66. The third-order valence-corrected chi connectivity index (χ3v) is 4.79. The fourth-order valence-electron chi connectivity index (χ4n) is 2.96. The van der Waals surface area contributed by atoms with Crippen molar-refractivity contribution in [3.8, 4) is 11.5 Å². The summed E-state index contributed by atoms with van der Waals surface area (Å²) in [6, 6.07) is 10.5. The van der Waals surface area contributed by atoms with Gasteiger partial charge in [-0.2, -0.15) is 0 Å². The maximum Gasteiger partial charge on any atom is 0.289 e. The van der Waals surface area contributed by atoms with Crippen LogP contribution in [0.2, 0.25) is 0 Å². The van der Waals surface area contributed by atoms with Crippen LogP contribution < -0.4 is 14.8 Å². The summed E-state index contributed by atoms with van der Waals surface area (Å²) in [6.45, 7) is 1.05. The number of likely N-dealkylation sites (tertiary alicyclic amines) is 1. The molecule has 0 atom stereocenters. The number of hydrogen-bond acceptors (Lipinski definition) is 5. The molecule has 1 aliphatic rings. The summed E-state index contributed by atoms with van der Waals surface area (Å²) in [5.41, 5.74) is 0. The van der Waals surface area contributed by atoms with Crippen LogP contribution in [0.1, 0.15) is 23.4 Å². The first-order valence-corrected chi connectivity index (χ1v) is 9.46. The Balaban J connectivity index is 1.43. The van der Waals surface area contributed by atoms with Gasteiger partial charge >= 0.3 is 0 Å². The van der Waals surface area contributed by atoms with Crippen molar-refractivity contribution >= 4 is 27.7 Å². The molecular weight excluding hydrogens is 416 g/mol. The Bertz CT molecular complexity index is 799. The van der Waals surface area contributed by atoms with E-state index in [1.165, 1.54) is 0 Å². The molecule has 1 saturated heterocycles. The molecule has 2 aromatic rings. The lowest BCUT2D eigenvalue weighted by Gasteiger charge is -2.31. The van der Waals surface area contributed by atoms with Gasteiger partial charge in [-0.3, -0.25) is 9.59 Å². The topological polar surface area (TPSA) is 81.0 Å². The zero-order valence-corrected chi connectivity index (χ0v) is 16.5. The molecule has 2 amide bonds. The average Bonchev–Trinajstić information content (AvgIpc) is 3.13. The summed E-state index contributed by atoms with van der Waals surface area (Å²) in [5.74, 6) is 1.10. The van der Waals surface area contributed by atoms with Crippen LogP contribution in [0.15, 0.2) is 45.5 Å². The summed E-state index contributed by atoms with van der Waals surface area (Å²) in [7, 11) is 1.55. The fourth-order valence-corrected chi connectivity index (χ4v) is 3.27. The lowest BCUT2D eigenvalue weighted by atomic mass is 10.0. The van der Waals surface area contributed by atoms with E-state index in [1.54, 1.807) is 36.3 Å². The van der Waals surface area contributed by atoms with Gasteiger partial charge in [-0.1, -0.05) is 12.1 Å². The number of carbonyl (C=O) groups is 2. The lowest BCUT2D eigenvalue weighted by Crippen LogP contribution is -2.47. The van der Waals surface area contributed by atoms with Crippen molar-refractivity contribution in [2.24, 2.45) is 0 Å². The van der Waals surface area contributed by atoms with Crippen LogP contribution in [0.5, 0.6) is 11.5 Å². The van der Waals surface area contributed by atoms with Gasteiger partial charge in [0, 0.05) is 19.1 Å². The molecule has 27 heavy (non-hydrogen) atoms. The van der Waals surface area contributed by atoms with Crippen LogP contribution in [-0.2, 0) is 4.79 Å². The largest absolute Gasteiger partial charge is 0.493 e. The van der Waals surface area contributed by atoms with E-state index < -0.39 is 0 Å². The number of carbonyl (C=O) groups excluding carboxylic acids is 2. The smallest absolute Gasteiger partial charge is 0.289 e. The molecular formula is C19H21BrN2O5. The highest BCUT2D eigenvalue weighted by molar-refractivity contribution is 9.10. The predicted molar refractivity (Wildman–Crippen MR) is 102 cm³/mol. The van der Waals surface area contributed by atoms with Gasteiger partial charge in [0.05, 0.1) is 7.11 Å². The molecule has 3 rings (SSSR count). The van der Waals surface area contributed by atoms with Crippen molar-refractivity contribution in [3.05, 3.63) is 46.8 Å². The Morgan fingerprint density at radius 2 is 1.89 bits per heavy atom. The van der Waals surface area contributed by atoms with E-state index in [0.717, 1.165) is 0 Å². The second-order valence-corrected chi connectivity index (χ2v) is 6.96. The number of nitrogens with zero attached hydrogens (tertiary/aromatic N) is 1. The van der Waals surface area contributed by atoms with E-state index in [2.05, 4.69) is 21.2 Å². The molecule has 1 aromatic heterocycles. The monoisotopic (exact) mass is 436 g/mol. The van der Waals surface area contributed by atoms with Gasteiger partial charge in [0.15, 0.2) is 28.5 Å². The van der Waals surface area contributed by atoms with E-state index >= 15 is 0 Å². The van der Waals surface area contributed by atoms with Crippen molar-refractivity contribution in [1.29, 1.82) is 0 Å². The Kier molecular flexibility index (Phi) is 6.39. The summed E-state index contributed by atoms with van der Waals surface area (Å²) in [6.07, 6.45) is 1.38. The number of ether oxygens (including phenoxy) is 2. The summed E-state index contributed by atoms with van der Waals surface area (Å²) >= 11 is 3.20. The highest BCUT2D eigenvalue weighted by atomic mass is 79.9. The molecule has 7 nitrogen and oxygen atoms in total. The second-order valence-electron chi connectivity index (χ2n) is 6.18. The van der Waals surface area contributed by atoms with Crippen LogP contribution in [0.25, 0.3) is 0 Å². The fraction of sp³-hybridized carbons (Fsp3) is 0.368. The van der Waals surface area contributed by atoms with Crippen molar-refractivity contribution in [2.75, 3.05) is 26.8 Å². The Labute approximate surface area is 165 Å². The predicted octanol–water partition coefficient (Wildman–Crippen LogP) is 2.85. The molecule has 0 radical (unpaired) electrons. The Morgan fingerprint density at radius 3 is 2.52 bits per heavy atom. The molecule has 8 heteroatoms. The number of amides is 2. The van der Waals surface area contributed by atoms with Gasteiger partial charge in [0.1, 0.15) is 0 Å². The van der Waals surface area contributed by atoms with E-state index in [1.807, 2.05) is 12.1 Å². The summed E-state index contributed by atoms with van der Waals surface area (Å²) in [5, 5.41) is 2.96. The van der Waals surface area contributed by atoms with Gasteiger partial charge in [0.2, 0.25) is 0 Å². The van der Waals surface area contributed by atoms with Crippen LogP contribution in [0.3, 0.4) is 0 Å². The van der Waals surface area contributed by atoms with Gasteiger partial charge < -0.3 is 24.1 Å². The quantitative estimate of drug-likeness (QED) is 0.752. The third kappa shape index (κ3) is 5.03. The first-order chi connectivity index (χ1) is 13.1. The van der Waals surface area contributed by atoms with Gasteiger partial charge in [0.25, 0.3) is 11.8 Å². The van der Waals surface area contributed by atoms with E-state index in [9.17, 15) is 9.59 Å². The number of hydrogen-bond donors (Lipinski definition) is 1. The van der Waals surface area contributed by atoms with Crippen LogP contribution in [0, 0.1) is 0 Å². The molecule has 144 valence electrons. The third-order valence-electron chi connectivity index (χ3n) is 4.36. The van der Waals surface area contributed by atoms with Crippen molar-refractivity contribution in [1.82, 2.24) is 10.2 Å². The minimum atomic E-state index is -0.194. The van der Waals surface area contributed by atoms with E-state index in [4.69, 9.17) is 13.9 Å². The van der Waals surface area contributed by atoms with Crippen molar-refractivity contribution in [2.45, 2.75) is 18.9 Å². The maximum absolute atomic E-state index is 12.4. The van der Waals surface area contributed by atoms with Crippen LogP contribution >= 0.6 is 15.9 Å². The number of halogens is 1. The molecule has 1 N–H and O–H groups in total. The van der Waals surface area contributed by atoms with E-state index in [-0.39, 0.29) is 24.5 Å². The Morgan fingerprint density at radius 1 is 1.19 bits per heavy atom. The Hall–Kier alpha value is -2.48. The molecule has 0 spiro atoms. The zero-order chi connectivity index (χ0) is 19.2. The summed E-state index contributed by atoms with van der Waals surface area (Å²) in [4.78, 5) is 26.2. The molecule has 0 bridgehead atoms. The number of nitrogens with one attached hydrogen (secondary N) is 1. The molecule has 1 aliphatic heterocycles. The van der Waals surface area contributed by atoms with Gasteiger partial charge in [-0.25, -0.2) is 0 Å². The molecule has 0 saturated carbocycles. The number of para-hydroxylation sites is 2. The molecule has 0 aliphatic carbocycles. The molecule has 0 unspecified atom stereocenters. The normalized spacial score (nSPS) is 14.7. The highest BCUT2D eigenvalue weighted by Crippen LogP contribution is 2.25. The van der Waals surface area contributed by atoms with Crippen molar-refractivity contribution < 1.29 is 23.5 Å². The minimum absolute atomic E-state index is 0.0196. The van der Waals surface area contributed by atoms with Crippen molar-refractivity contribution in [3.63, 3.8) is 0 Å². The van der Waals surface area contributed by atoms with Crippen LogP contribution in [-0.4, -0.2) is 49.6 Å². The average molecular weight is 437 g/mol. The second kappa shape index (κ2) is 8.94. The standard InChI is InChI=1S/C19H21BrN2O5/c1-25-14-4-2-3-5-15(14)26-12-18(23)21-13-8-10-22(11-9-13)19(24)16-6-7-17(20)27-16/h2-7,13H,8-12H2,1H3,(H,21,23). The van der Waals surface area contributed by atoms with Gasteiger partial charge in [-0.05, 0) is 53.0 Å². The number of furan rings is 1. The van der Waals surface area contributed by atoms with Crippen LogP contribution in [0.4, 0.5) is 0 Å².